The van der Waals surface area contributed by atoms with Crippen molar-refractivity contribution in [1.29, 1.82) is 0 Å². The summed E-state index contributed by atoms with van der Waals surface area (Å²) in [5, 5.41) is 36.3. The standard InChI is InChI=1S/C37H66N7O18P3S/c1-4-5-6-7-8-9-10-11-12-13-14-15-16-25(45)36(50)66-20-19-39-27(46)17-18-40-34(49)31(48)37(2,3)22-59-65(56,57)62-64(54,55)58-21-26-30(61-63(51,52)53)29(47)35(60-26)44-24-43-28-32(38)41-23-42-33(28)44/h23-26,29-31,35,45,47-48H,4-22H2,1-3H3,(H,39,46)(H,40,49)(H,54,55)(H,56,57)(H2,38,41,42)(H2,51,52,53)/t25?,26-,29-,30-,31?,35-/m1/s1. The number of nitrogen functional groups attached to an aromatic ring is 1. The number of nitrogens with zero attached hydrogens (tertiary/aromatic N) is 4. The number of aliphatic hydroxyl groups excluding tert-OH is 3. The molecule has 1 fully saturated rings. The topological polar surface area (TPSA) is 384 Å². The summed E-state index contributed by atoms with van der Waals surface area (Å²) >= 11 is 0.913. The van der Waals surface area contributed by atoms with Crippen LogP contribution in [0.3, 0.4) is 0 Å². The molecule has 3 rings (SSSR count). The molecule has 2 aromatic rings. The number of fused-ring (bicyclic) bond motifs is 1. The number of anilines is 1. The summed E-state index contributed by atoms with van der Waals surface area (Å²) in [7, 11) is -16.4. The average Bonchev–Trinajstić information content (AvgIpc) is 3.80. The van der Waals surface area contributed by atoms with Crippen molar-refractivity contribution in [2.45, 2.75) is 147 Å². The Labute approximate surface area is 387 Å². The highest BCUT2D eigenvalue weighted by molar-refractivity contribution is 8.13. The number of aliphatic hydroxyl groups is 3. The number of nitrogens with one attached hydrogen (secondary N) is 2. The summed E-state index contributed by atoms with van der Waals surface area (Å²) in [5.41, 5.74) is 4.25. The van der Waals surface area contributed by atoms with Crippen LogP contribution in [0.25, 0.3) is 11.2 Å². The quantitative estimate of drug-likeness (QED) is 0.0362. The van der Waals surface area contributed by atoms with Crippen molar-refractivity contribution in [3.05, 3.63) is 12.7 Å². The minimum atomic E-state index is -5.59. The zero-order valence-corrected chi connectivity index (χ0v) is 40.8. The zero-order valence-electron chi connectivity index (χ0n) is 37.3. The van der Waals surface area contributed by atoms with Crippen molar-refractivity contribution < 1.29 is 85.6 Å². The predicted molar refractivity (Wildman–Crippen MR) is 239 cm³/mol. The number of aromatic nitrogens is 4. The Bertz CT molecular complexity index is 2000. The molecule has 0 bridgehead atoms. The maximum absolute atomic E-state index is 12.7. The molecule has 1 aliphatic rings. The molecule has 378 valence electrons. The number of hydrogen-bond donors (Lipinski definition) is 10. The lowest BCUT2D eigenvalue weighted by molar-refractivity contribution is -0.137. The normalized spacial score (nSPS) is 20.7. The number of imidazole rings is 1. The Morgan fingerprint density at radius 1 is 0.894 bits per heavy atom. The van der Waals surface area contributed by atoms with E-state index < -0.39 is 90.7 Å². The van der Waals surface area contributed by atoms with E-state index in [4.69, 9.17) is 19.5 Å². The van der Waals surface area contributed by atoms with E-state index >= 15 is 0 Å². The van der Waals surface area contributed by atoms with E-state index in [-0.39, 0.29) is 47.4 Å². The van der Waals surface area contributed by atoms with Gasteiger partial charge in [-0.05, 0) is 6.42 Å². The Morgan fingerprint density at radius 3 is 2.12 bits per heavy atom. The minimum Gasteiger partial charge on any atom is -0.386 e. The Morgan fingerprint density at radius 2 is 1.50 bits per heavy atom. The van der Waals surface area contributed by atoms with Crippen LogP contribution in [0, 0.1) is 5.41 Å². The lowest BCUT2D eigenvalue weighted by atomic mass is 9.87. The van der Waals surface area contributed by atoms with Crippen molar-refractivity contribution in [1.82, 2.24) is 30.2 Å². The molecule has 1 saturated heterocycles. The first-order valence-electron chi connectivity index (χ1n) is 21.7. The molecular weight excluding hydrogens is 955 g/mol. The Kier molecular flexibility index (Phi) is 24.2. The van der Waals surface area contributed by atoms with Gasteiger partial charge in [0.2, 0.25) is 16.9 Å². The third-order valence-corrected chi connectivity index (χ3v) is 14.4. The van der Waals surface area contributed by atoms with Gasteiger partial charge in [0.25, 0.3) is 0 Å². The molecule has 0 radical (unpaired) electrons. The van der Waals surface area contributed by atoms with E-state index in [1.54, 1.807) is 0 Å². The van der Waals surface area contributed by atoms with E-state index in [0.29, 0.717) is 6.42 Å². The van der Waals surface area contributed by atoms with Crippen molar-refractivity contribution in [3.8, 4) is 0 Å². The van der Waals surface area contributed by atoms with Crippen LogP contribution in [0.2, 0.25) is 0 Å². The maximum atomic E-state index is 12.7. The first-order valence-corrected chi connectivity index (χ1v) is 27.2. The van der Waals surface area contributed by atoms with Gasteiger partial charge in [-0.1, -0.05) is 110 Å². The van der Waals surface area contributed by atoms with Gasteiger partial charge in [0, 0.05) is 30.7 Å². The van der Waals surface area contributed by atoms with Crippen LogP contribution >= 0.6 is 35.2 Å². The molecule has 3 heterocycles. The Hall–Kier alpha value is -2.48. The molecule has 8 atom stereocenters. The highest BCUT2D eigenvalue weighted by Crippen LogP contribution is 2.61. The molecular formula is C37H66N7O18P3S. The molecule has 0 aromatic carbocycles. The lowest BCUT2D eigenvalue weighted by Gasteiger charge is -2.30. The summed E-state index contributed by atoms with van der Waals surface area (Å²) in [4.78, 5) is 88.4. The maximum Gasteiger partial charge on any atom is 0.481 e. The summed E-state index contributed by atoms with van der Waals surface area (Å²) in [6, 6.07) is 0. The number of carbonyl (C=O) groups is 3. The summed E-state index contributed by atoms with van der Waals surface area (Å²) < 4.78 is 62.4. The molecule has 1 aliphatic heterocycles. The van der Waals surface area contributed by atoms with E-state index in [2.05, 4.69) is 41.3 Å². The van der Waals surface area contributed by atoms with Gasteiger partial charge in [0.1, 0.15) is 42.4 Å². The molecule has 0 saturated carbocycles. The van der Waals surface area contributed by atoms with Gasteiger partial charge < -0.3 is 56.0 Å². The Balaban J connectivity index is 1.34. The van der Waals surface area contributed by atoms with Crippen molar-refractivity contribution in [2.24, 2.45) is 5.41 Å². The van der Waals surface area contributed by atoms with Crippen LogP contribution in [-0.2, 0) is 50.7 Å². The number of thioether (sulfide) groups is 1. The van der Waals surface area contributed by atoms with Gasteiger partial charge in [-0.3, -0.25) is 32.5 Å². The third kappa shape index (κ3) is 20.2. The fourth-order valence-electron chi connectivity index (χ4n) is 6.67. The minimum absolute atomic E-state index is 0.0276. The van der Waals surface area contributed by atoms with Crippen LogP contribution in [0.4, 0.5) is 5.82 Å². The van der Waals surface area contributed by atoms with E-state index in [9.17, 15) is 63.0 Å². The predicted octanol–water partition coefficient (Wildman–Crippen LogP) is 3.12. The molecule has 2 amide bonds. The smallest absolute Gasteiger partial charge is 0.386 e. The second-order valence-corrected chi connectivity index (χ2v) is 21.8. The molecule has 66 heavy (non-hydrogen) atoms. The van der Waals surface area contributed by atoms with E-state index in [1.165, 1.54) is 65.2 Å². The number of ether oxygens (including phenoxy) is 1. The van der Waals surface area contributed by atoms with Crippen LogP contribution < -0.4 is 16.4 Å². The van der Waals surface area contributed by atoms with Gasteiger partial charge in [-0.2, -0.15) is 4.31 Å². The van der Waals surface area contributed by atoms with Gasteiger partial charge >= 0.3 is 23.5 Å². The molecule has 2 aromatic heterocycles. The summed E-state index contributed by atoms with van der Waals surface area (Å²) in [5.74, 6) is -1.29. The fourth-order valence-corrected chi connectivity index (χ4v) is 10.2. The average molecular weight is 1020 g/mol. The monoisotopic (exact) mass is 1020 g/mol. The first-order chi connectivity index (χ1) is 31.0. The number of hydrogen-bond acceptors (Lipinski definition) is 19. The van der Waals surface area contributed by atoms with Crippen molar-refractivity contribution in [3.63, 3.8) is 0 Å². The fraction of sp³-hybridized carbons (Fsp3) is 0.784. The van der Waals surface area contributed by atoms with Crippen LogP contribution in [0.5, 0.6) is 0 Å². The SMILES string of the molecule is CCCCCCCCCCCCCCC(O)C(=O)SCCNC(=O)CCNC(=O)C(O)C(C)(C)COP(=O)(O)OP(=O)(O)OC[C@H]1O[C@@H](n2cnc3c(N)ncnc32)[C@H](O)[C@@H]1OP(=O)(O)O. The lowest BCUT2D eigenvalue weighted by Crippen LogP contribution is -2.46. The van der Waals surface area contributed by atoms with Crippen LogP contribution in [-0.4, -0.2) is 134 Å². The highest BCUT2D eigenvalue weighted by atomic mass is 32.2. The highest BCUT2D eigenvalue weighted by Gasteiger charge is 2.50. The first kappa shape index (κ1) is 57.8. The van der Waals surface area contributed by atoms with Gasteiger partial charge in [0.15, 0.2) is 17.7 Å². The number of carbonyl (C=O) groups excluding carboxylic acids is 3. The number of nitrogens with two attached hydrogens (primary N) is 1. The molecule has 4 unspecified atom stereocenters. The number of phosphoric acid groups is 3. The molecule has 25 nitrogen and oxygen atoms in total. The van der Waals surface area contributed by atoms with Gasteiger partial charge in [0.05, 0.1) is 19.5 Å². The number of amides is 2. The summed E-state index contributed by atoms with van der Waals surface area (Å²) in [6.07, 6.45) is 6.45. The largest absolute Gasteiger partial charge is 0.481 e. The molecule has 0 spiro atoms. The third-order valence-electron chi connectivity index (χ3n) is 10.3. The second-order valence-electron chi connectivity index (χ2n) is 16.4. The van der Waals surface area contributed by atoms with E-state index in [1.807, 2.05) is 0 Å². The zero-order chi connectivity index (χ0) is 49.1. The second kappa shape index (κ2) is 27.6. The number of phosphoric ester groups is 3. The molecule has 11 N–H and O–H groups in total. The van der Waals surface area contributed by atoms with Crippen LogP contribution in [0.1, 0.15) is 117 Å². The van der Waals surface area contributed by atoms with Gasteiger partial charge in [-0.25, -0.2) is 28.6 Å². The van der Waals surface area contributed by atoms with Crippen LogP contribution in [0.15, 0.2) is 12.7 Å². The van der Waals surface area contributed by atoms with Gasteiger partial charge in [-0.15, -0.1) is 0 Å². The molecule has 0 aliphatic carbocycles. The number of unbranched alkanes of at least 4 members (excludes halogenated alkanes) is 11. The van der Waals surface area contributed by atoms with Crippen molar-refractivity contribution in [2.75, 3.05) is 37.8 Å². The van der Waals surface area contributed by atoms with E-state index in [0.717, 1.165) is 54.7 Å². The number of rotatable bonds is 33. The molecule has 29 heteroatoms. The summed E-state index contributed by atoms with van der Waals surface area (Å²) in [6.45, 7) is 2.57. The van der Waals surface area contributed by atoms with Crippen molar-refractivity contribution >= 4 is 69.1 Å².